The Kier molecular flexibility index (Phi) is 3.88. The first-order valence-electron chi connectivity index (χ1n) is 6.53. The molecule has 2 aromatic rings. The van der Waals surface area contributed by atoms with Crippen LogP contribution < -0.4 is 15.2 Å². The van der Waals surface area contributed by atoms with Gasteiger partial charge >= 0.3 is 0 Å². The predicted octanol–water partition coefficient (Wildman–Crippen LogP) is 2.81. The topological polar surface area (TPSA) is 62.3 Å². The van der Waals surface area contributed by atoms with Gasteiger partial charge in [0.25, 0.3) is 0 Å². The summed E-state index contributed by atoms with van der Waals surface area (Å²) in [6, 6.07) is 5.64. The lowest BCUT2D eigenvalue weighted by atomic mass is 10.1. The van der Waals surface area contributed by atoms with Crippen LogP contribution in [0.25, 0.3) is 11.3 Å². The van der Waals surface area contributed by atoms with E-state index in [2.05, 4.69) is 18.8 Å². The van der Waals surface area contributed by atoms with Crippen LogP contribution in [-0.4, -0.2) is 23.8 Å². The molecule has 0 unspecified atom stereocenters. The molecule has 0 aliphatic carbocycles. The Morgan fingerprint density at radius 2 is 1.65 bits per heavy atom. The van der Waals surface area contributed by atoms with Gasteiger partial charge in [0.15, 0.2) is 0 Å². The van der Waals surface area contributed by atoms with Crippen LogP contribution in [0.4, 0.5) is 5.82 Å². The van der Waals surface area contributed by atoms with Crippen molar-refractivity contribution in [2.45, 2.75) is 19.8 Å². The Balaban J connectivity index is 2.59. The monoisotopic (exact) mass is 275 g/mol. The number of aromatic nitrogens is 2. The Morgan fingerprint density at radius 3 is 2.05 bits per heavy atom. The van der Waals surface area contributed by atoms with Gasteiger partial charge in [-0.05, 0) is 12.1 Å². The highest BCUT2D eigenvalue weighted by molar-refractivity contribution is 5.73. The summed E-state index contributed by atoms with van der Waals surface area (Å²) in [7, 11) is 5.18. The van der Waals surface area contributed by atoms with Crippen LogP contribution in [0.2, 0.25) is 0 Å². The van der Waals surface area contributed by atoms with E-state index < -0.39 is 0 Å². The van der Waals surface area contributed by atoms with E-state index in [0.29, 0.717) is 11.7 Å². The smallest absolute Gasteiger partial charge is 0.131 e. The highest BCUT2D eigenvalue weighted by Crippen LogP contribution is 2.33. The highest BCUT2D eigenvalue weighted by Gasteiger charge is 2.17. The first-order chi connectivity index (χ1) is 9.47. The van der Waals surface area contributed by atoms with Crippen LogP contribution in [-0.2, 0) is 7.05 Å². The SMILES string of the molecule is COc1cc(OC)cc(-c2nc(C(C)C)n(C)c2N)c1. The van der Waals surface area contributed by atoms with E-state index >= 15 is 0 Å². The minimum atomic E-state index is 0.309. The molecule has 1 aromatic heterocycles. The van der Waals surface area contributed by atoms with Crippen LogP contribution in [0, 0.1) is 0 Å². The molecule has 0 radical (unpaired) electrons. The number of anilines is 1. The van der Waals surface area contributed by atoms with Gasteiger partial charge in [-0.15, -0.1) is 0 Å². The maximum absolute atomic E-state index is 6.18. The number of nitrogens with two attached hydrogens (primary N) is 1. The summed E-state index contributed by atoms with van der Waals surface area (Å²) in [5.74, 6) is 3.35. The standard InChI is InChI=1S/C15H21N3O2/c1-9(2)15-17-13(14(16)18(15)3)10-6-11(19-4)8-12(7-10)20-5/h6-9H,16H2,1-5H3. The molecular weight excluding hydrogens is 254 g/mol. The van der Waals surface area contributed by atoms with Crippen LogP contribution in [0.3, 0.4) is 0 Å². The Morgan fingerprint density at radius 1 is 1.10 bits per heavy atom. The highest BCUT2D eigenvalue weighted by atomic mass is 16.5. The molecule has 0 saturated heterocycles. The molecule has 5 heteroatoms. The summed E-state index contributed by atoms with van der Waals surface area (Å²) in [5.41, 5.74) is 7.82. The Labute approximate surface area is 119 Å². The Hall–Kier alpha value is -2.17. The Bertz CT molecular complexity index is 596. The van der Waals surface area contributed by atoms with Gasteiger partial charge in [0.2, 0.25) is 0 Å². The summed E-state index contributed by atoms with van der Waals surface area (Å²) in [5, 5.41) is 0. The molecule has 0 saturated carbocycles. The van der Waals surface area contributed by atoms with Crippen molar-refractivity contribution in [2.24, 2.45) is 7.05 Å². The quantitative estimate of drug-likeness (QED) is 0.932. The van der Waals surface area contributed by atoms with Gasteiger partial charge in [-0.3, -0.25) is 0 Å². The number of imidazole rings is 1. The molecule has 20 heavy (non-hydrogen) atoms. The number of hydrogen-bond acceptors (Lipinski definition) is 4. The van der Waals surface area contributed by atoms with Crippen molar-refractivity contribution in [3.63, 3.8) is 0 Å². The summed E-state index contributed by atoms with van der Waals surface area (Å²) in [6.07, 6.45) is 0. The average molecular weight is 275 g/mol. The first kappa shape index (κ1) is 14.2. The van der Waals surface area contributed by atoms with Crippen molar-refractivity contribution in [1.29, 1.82) is 0 Å². The molecule has 0 aliphatic heterocycles. The predicted molar refractivity (Wildman–Crippen MR) is 80.2 cm³/mol. The number of nitrogens with zero attached hydrogens (tertiary/aromatic N) is 2. The zero-order valence-electron chi connectivity index (χ0n) is 12.6. The van der Waals surface area contributed by atoms with Gasteiger partial charge in [-0.2, -0.15) is 0 Å². The van der Waals surface area contributed by atoms with E-state index in [1.807, 2.05) is 29.8 Å². The largest absolute Gasteiger partial charge is 0.497 e. The van der Waals surface area contributed by atoms with Gasteiger partial charge in [0, 0.05) is 24.6 Å². The van der Waals surface area contributed by atoms with Crippen molar-refractivity contribution in [3.8, 4) is 22.8 Å². The van der Waals surface area contributed by atoms with Crippen LogP contribution in [0.1, 0.15) is 25.6 Å². The second-order valence-corrected chi connectivity index (χ2v) is 5.02. The van der Waals surface area contributed by atoms with Gasteiger partial charge in [-0.1, -0.05) is 13.8 Å². The summed E-state index contributed by atoms with van der Waals surface area (Å²) >= 11 is 0. The molecule has 0 amide bonds. The number of hydrogen-bond donors (Lipinski definition) is 1. The maximum atomic E-state index is 6.18. The molecule has 0 spiro atoms. The van der Waals surface area contributed by atoms with Gasteiger partial charge in [-0.25, -0.2) is 4.98 Å². The first-order valence-corrected chi connectivity index (χ1v) is 6.53. The second-order valence-electron chi connectivity index (χ2n) is 5.02. The fraction of sp³-hybridized carbons (Fsp3) is 0.400. The summed E-state index contributed by atoms with van der Waals surface area (Å²) < 4.78 is 12.5. The van der Waals surface area contributed by atoms with E-state index in [1.165, 1.54) is 0 Å². The molecular formula is C15H21N3O2. The van der Waals surface area contributed by atoms with E-state index in [0.717, 1.165) is 28.6 Å². The van der Waals surface area contributed by atoms with Crippen molar-refractivity contribution in [2.75, 3.05) is 20.0 Å². The number of benzene rings is 1. The molecule has 0 bridgehead atoms. The molecule has 2 rings (SSSR count). The van der Waals surface area contributed by atoms with Crippen molar-refractivity contribution in [1.82, 2.24) is 9.55 Å². The van der Waals surface area contributed by atoms with E-state index in [1.54, 1.807) is 14.2 Å². The lowest BCUT2D eigenvalue weighted by Gasteiger charge is -2.07. The molecule has 1 heterocycles. The van der Waals surface area contributed by atoms with Gasteiger partial charge < -0.3 is 19.8 Å². The zero-order valence-corrected chi connectivity index (χ0v) is 12.6. The van der Waals surface area contributed by atoms with E-state index in [-0.39, 0.29) is 0 Å². The molecule has 1 aromatic carbocycles. The average Bonchev–Trinajstić information content (AvgIpc) is 2.75. The van der Waals surface area contributed by atoms with Crippen molar-refractivity contribution in [3.05, 3.63) is 24.0 Å². The lowest BCUT2D eigenvalue weighted by Crippen LogP contribution is -2.02. The van der Waals surface area contributed by atoms with E-state index in [9.17, 15) is 0 Å². The third-order valence-corrected chi connectivity index (χ3v) is 3.32. The molecule has 108 valence electrons. The van der Waals surface area contributed by atoms with Crippen LogP contribution in [0.15, 0.2) is 18.2 Å². The van der Waals surface area contributed by atoms with Crippen molar-refractivity contribution < 1.29 is 9.47 Å². The summed E-state index contributed by atoms with van der Waals surface area (Å²) in [6.45, 7) is 4.19. The minimum Gasteiger partial charge on any atom is -0.497 e. The fourth-order valence-corrected chi connectivity index (χ4v) is 2.20. The molecule has 2 N–H and O–H groups in total. The number of methoxy groups -OCH3 is 2. The molecule has 0 atom stereocenters. The maximum Gasteiger partial charge on any atom is 0.131 e. The number of ether oxygens (including phenoxy) is 2. The zero-order chi connectivity index (χ0) is 14.9. The molecule has 5 nitrogen and oxygen atoms in total. The van der Waals surface area contributed by atoms with Crippen LogP contribution >= 0.6 is 0 Å². The number of rotatable bonds is 4. The van der Waals surface area contributed by atoms with Crippen LogP contribution in [0.5, 0.6) is 11.5 Å². The third-order valence-electron chi connectivity index (χ3n) is 3.32. The molecule has 0 fully saturated rings. The van der Waals surface area contributed by atoms with E-state index in [4.69, 9.17) is 15.2 Å². The van der Waals surface area contributed by atoms with Gasteiger partial charge in [0.05, 0.1) is 14.2 Å². The van der Waals surface area contributed by atoms with Gasteiger partial charge in [0.1, 0.15) is 28.8 Å². The minimum absolute atomic E-state index is 0.309. The normalized spacial score (nSPS) is 10.9. The van der Waals surface area contributed by atoms with Crippen molar-refractivity contribution >= 4 is 5.82 Å². The summed E-state index contributed by atoms with van der Waals surface area (Å²) in [4.78, 5) is 4.66. The lowest BCUT2D eigenvalue weighted by molar-refractivity contribution is 0.394. The fourth-order valence-electron chi connectivity index (χ4n) is 2.20. The number of nitrogen functional groups attached to an aromatic ring is 1. The molecule has 0 aliphatic rings. The third kappa shape index (κ3) is 2.43. The second kappa shape index (κ2) is 5.45.